The average Bonchev–Trinajstić information content (AvgIpc) is 4.00. The van der Waals surface area contributed by atoms with Gasteiger partial charge in [0.15, 0.2) is 0 Å². The number of hydrogen-bond acceptors (Lipinski definition) is 2. The van der Waals surface area contributed by atoms with Crippen molar-refractivity contribution in [2.45, 2.75) is 0 Å². The molecule has 332 valence electrons. The first-order valence-electron chi connectivity index (χ1n) is 24.3. The average molecular weight is 905 g/mol. The van der Waals surface area contributed by atoms with Crippen molar-refractivity contribution in [3.8, 4) is 50.2 Å². The molecule has 0 unspecified atom stereocenters. The molecule has 0 amide bonds. The van der Waals surface area contributed by atoms with Crippen molar-refractivity contribution in [1.82, 2.24) is 4.57 Å². The third-order valence-corrected chi connectivity index (χ3v) is 14.4. The van der Waals surface area contributed by atoms with Crippen molar-refractivity contribution in [3.63, 3.8) is 0 Å². The van der Waals surface area contributed by atoms with Gasteiger partial charge < -0.3 is 13.9 Å². The first kappa shape index (κ1) is 40.6. The fraction of sp³-hybridized carbons (Fsp3) is 0. The third-order valence-electron chi connectivity index (χ3n) is 14.4. The smallest absolute Gasteiger partial charge is 0.143 e. The molecule has 0 atom stereocenters. The second-order valence-electron chi connectivity index (χ2n) is 18.4. The standard InChI is InChI=1S/C68H44N2O/c1-2-20-52-49(17-1)44-62(56-23-4-3-22-55(52)56)59-26-8-11-31-64(59)69(51-19-15-18-48(43-51)54-28-16-29-61-60-27-9-14-34-67(60)71-68(54)61)50-41-39-46(40-42-50)45-35-37-47(38-36-45)53-21-5-10-30-63(53)70-65-32-12-6-24-57(65)58-25-7-13-33-66(58)70/h1-44H. The molecule has 0 aliphatic carbocycles. The molecule has 3 heteroatoms. The number of fused-ring (bicyclic) bond motifs is 9. The summed E-state index contributed by atoms with van der Waals surface area (Å²) in [5, 5.41) is 9.69. The molecule has 0 N–H and O–H groups in total. The Bertz CT molecular complexity index is 4290. The maximum atomic E-state index is 6.59. The highest BCUT2D eigenvalue weighted by molar-refractivity contribution is 6.15. The van der Waals surface area contributed by atoms with Crippen molar-refractivity contribution in [1.29, 1.82) is 0 Å². The summed E-state index contributed by atoms with van der Waals surface area (Å²) in [5.74, 6) is 0. The molecule has 3 nitrogen and oxygen atoms in total. The number of nitrogens with zero attached hydrogens (tertiary/aromatic N) is 2. The first-order valence-corrected chi connectivity index (χ1v) is 24.3. The number of para-hydroxylation sites is 6. The van der Waals surface area contributed by atoms with Crippen molar-refractivity contribution >= 4 is 82.4 Å². The SMILES string of the molecule is c1cc(-c2cccc3c2oc2ccccc23)cc(N(c2ccc(-c3ccc(-c4ccccc4-n4c5ccccc5c5ccccc54)cc3)cc2)c2ccccc2-c2cc3ccccc3c3ccccc23)c1. The molecule has 71 heavy (non-hydrogen) atoms. The zero-order valence-electron chi connectivity index (χ0n) is 38.7. The van der Waals surface area contributed by atoms with Crippen LogP contribution in [0.5, 0.6) is 0 Å². The topological polar surface area (TPSA) is 21.3 Å². The first-order chi connectivity index (χ1) is 35.2. The normalized spacial score (nSPS) is 11.7. The quantitative estimate of drug-likeness (QED) is 0.142. The van der Waals surface area contributed by atoms with Gasteiger partial charge in [-0.25, -0.2) is 0 Å². The summed E-state index contributed by atoms with van der Waals surface area (Å²) in [6.45, 7) is 0. The summed E-state index contributed by atoms with van der Waals surface area (Å²) in [7, 11) is 0. The van der Waals surface area contributed by atoms with Gasteiger partial charge in [-0.05, 0) is 110 Å². The molecule has 0 saturated heterocycles. The summed E-state index contributed by atoms with van der Waals surface area (Å²) < 4.78 is 9.00. The number of aromatic nitrogens is 1. The van der Waals surface area contributed by atoms with Gasteiger partial charge in [-0.1, -0.05) is 206 Å². The molecule has 0 saturated carbocycles. The number of furan rings is 1. The third kappa shape index (κ3) is 6.74. The van der Waals surface area contributed by atoms with Crippen LogP contribution < -0.4 is 4.90 Å². The molecule has 2 heterocycles. The Labute approximate surface area is 411 Å². The van der Waals surface area contributed by atoms with E-state index in [2.05, 4.69) is 270 Å². The van der Waals surface area contributed by atoms with Crippen molar-refractivity contribution in [2.24, 2.45) is 0 Å². The monoisotopic (exact) mass is 904 g/mol. The molecule has 14 rings (SSSR count). The van der Waals surface area contributed by atoms with Gasteiger partial charge in [-0.3, -0.25) is 0 Å². The van der Waals surface area contributed by atoms with Crippen molar-refractivity contribution in [3.05, 3.63) is 267 Å². The minimum Gasteiger partial charge on any atom is -0.455 e. The van der Waals surface area contributed by atoms with Gasteiger partial charge in [0.25, 0.3) is 0 Å². The minimum absolute atomic E-state index is 0.892. The van der Waals surface area contributed by atoms with Crippen LogP contribution in [0.4, 0.5) is 17.1 Å². The number of hydrogen-bond donors (Lipinski definition) is 0. The largest absolute Gasteiger partial charge is 0.455 e. The fourth-order valence-electron chi connectivity index (χ4n) is 11.1. The molecule has 14 aromatic rings. The molecule has 0 radical (unpaired) electrons. The number of rotatable bonds is 8. The Morgan fingerprint density at radius 1 is 0.296 bits per heavy atom. The highest BCUT2D eigenvalue weighted by Gasteiger charge is 2.22. The molecular formula is C68H44N2O. The second-order valence-corrected chi connectivity index (χ2v) is 18.4. The van der Waals surface area contributed by atoms with E-state index >= 15 is 0 Å². The van der Waals surface area contributed by atoms with E-state index in [0.29, 0.717) is 0 Å². The lowest BCUT2D eigenvalue weighted by molar-refractivity contribution is 0.670. The van der Waals surface area contributed by atoms with Gasteiger partial charge in [-0.15, -0.1) is 0 Å². The van der Waals surface area contributed by atoms with Crippen LogP contribution in [0, 0.1) is 0 Å². The van der Waals surface area contributed by atoms with E-state index in [-0.39, 0.29) is 0 Å². The van der Waals surface area contributed by atoms with Gasteiger partial charge in [-0.2, -0.15) is 0 Å². The molecule has 0 fully saturated rings. The number of anilines is 3. The maximum absolute atomic E-state index is 6.59. The van der Waals surface area contributed by atoms with Gasteiger partial charge in [0.2, 0.25) is 0 Å². The van der Waals surface area contributed by atoms with E-state index < -0.39 is 0 Å². The Balaban J connectivity index is 0.885. The van der Waals surface area contributed by atoms with Crippen LogP contribution >= 0.6 is 0 Å². The van der Waals surface area contributed by atoms with Gasteiger partial charge in [0.05, 0.1) is 22.4 Å². The molecule has 0 bridgehead atoms. The Morgan fingerprint density at radius 3 is 1.62 bits per heavy atom. The van der Waals surface area contributed by atoms with Crippen LogP contribution in [-0.4, -0.2) is 4.57 Å². The lowest BCUT2D eigenvalue weighted by Gasteiger charge is -2.29. The Hall–Kier alpha value is -9.44. The predicted molar refractivity (Wildman–Crippen MR) is 299 cm³/mol. The van der Waals surface area contributed by atoms with Crippen LogP contribution in [-0.2, 0) is 0 Å². The molecule has 0 spiro atoms. The Kier molecular flexibility index (Phi) is 9.53. The summed E-state index contributed by atoms with van der Waals surface area (Å²) in [6, 6.07) is 96.7. The lowest BCUT2D eigenvalue weighted by Crippen LogP contribution is -2.11. The molecule has 12 aromatic carbocycles. The second kappa shape index (κ2) is 16.7. The molecule has 0 aliphatic heterocycles. The van der Waals surface area contributed by atoms with Crippen LogP contribution in [0.15, 0.2) is 271 Å². The van der Waals surface area contributed by atoms with Gasteiger partial charge in [0, 0.05) is 49.6 Å². The lowest BCUT2D eigenvalue weighted by atomic mass is 9.92. The summed E-state index contributed by atoms with van der Waals surface area (Å²) in [4.78, 5) is 2.42. The van der Waals surface area contributed by atoms with Crippen LogP contribution in [0.2, 0.25) is 0 Å². The summed E-state index contributed by atoms with van der Waals surface area (Å²) in [6.07, 6.45) is 0. The predicted octanol–water partition coefficient (Wildman–Crippen LogP) is 19.1. The summed E-state index contributed by atoms with van der Waals surface area (Å²) in [5.41, 5.74) is 17.7. The van der Waals surface area contributed by atoms with Crippen molar-refractivity contribution < 1.29 is 4.42 Å². The highest BCUT2D eigenvalue weighted by atomic mass is 16.3. The van der Waals surface area contributed by atoms with E-state index in [1.54, 1.807) is 0 Å². The molecule has 2 aromatic heterocycles. The maximum Gasteiger partial charge on any atom is 0.143 e. The summed E-state index contributed by atoms with van der Waals surface area (Å²) >= 11 is 0. The van der Waals surface area contributed by atoms with E-state index in [1.807, 2.05) is 6.07 Å². The zero-order chi connectivity index (χ0) is 46.8. The van der Waals surface area contributed by atoms with E-state index in [9.17, 15) is 0 Å². The van der Waals surface area contributed by atoms with Crippen LogP contribution in [0.3, 0.4) is 0 Å². The highest BCUT2D eigenvalue weighted by Crippen LogP contribution is 2.46. The zero-order valence-corrected chi connectivity index (χ0v) is 38.7. The van der Waals surface area contributed by atoms with Crippen molar-refractivity contribution in [2.75, 3.05) is 4.90 Å². The van der Waals surface area contributed by atoms with E-state index in [4.69, 9.17) is 4.42 Å². The molecular weight excluding hydrogens is 861 g/mol. The van der Waals surface area contributed by atoms with Gasteiger partial charge >= 0.3 is 0 Å². The van der Waals surface area contributed by atoms with E-state index in [1.165, 1.54) is 60.0 Å². The van der Waals surface area contributed by atoms with Gasteiger partial charge in [0.1, 0.15) is 11.2 Å². The van der Waals surface area contributed by atoms with Crippen LogP contribution in [0.1, 0.15) is 0 Å². The Morgan fingerprint density at radius 2 is 0.845 bits per heavy atom. The fourth-order valence-corrected chi connectivity index (χ4v) is 11.1. The van der Waals surface area contributed by atoms with Crippen LogP contribution in [0.25, 0.3) is 115 Å². The van der Waals surface area contributed by atoms with E-state index in [0.717, 1.165) is 72.5 Å². The molecule has 0 aliphatic rings. The number of benzene rings is 12. The minimum atomic E-state index is 0.892.